The van der Waals surface area contributed by atoms with Crippen molar-refractivity contribution in [1.82, 2.24) is 5.32 Å². The number of rotatable bonds is 6. The highest BCUT2D eigenvalue weighted by molar-refractivity contribution is 5.99. The summed E-state index contributed by atoms with van der Waals surface area (Å²) >= 11 is 0. The van der Waals surface area contributed by atoms with Gasteiger partial charge in [-0.15, -0.1) is 0 Å². The van der Waals surface area contributed by atoms with Gasteiger partial charge in [0.1, 0.15) is 23.2 Å². The summed E-state index contributed by atoms with van der Waals surface area (Å²) in [6, 6.07) is 1.98. The van der Waals surface area contributed by atoms with Crippen LogP contribution in [0.3, 0.4) is 0 Å². The predicted octanol–water partition coefficient (Wildman–Crippen LogP) is 0.492. The van der Waals surface area contributed by atoms with Gasteiger partial charge in [-0.3, -0.25) is 9.59 Å². The normalized spacial score (nSPS) is 11.5. The third kappa shape index (κ3) is 3.67. The van der Waals surface area contributed by atoms with E-state index in [0.29, 0.717) is 0 Å². The molecule has 0 bridgehead atoms. The Hall–Kier alpha value is -2.64. The fourth-order valence-corrected chi connectivity index (χ4v) is 1.50. The van der Waals surface area contributed by atoms with Crippen molar-refractivity contribution >= 4 is 17.8 Å². The van der Waals surface area contributed by atoms with Crippen LogP contribution in [-0.4, -0.2) is 41.2 Å². The molecule has 0 radical (unpaired) electrons. The number of ether oxygens (including phenoxy) is 1. The van der Waals surface area contributed by atoms with Gasteiger partial charge in [0, 0.05) is 0 Å². The zero-order valence-corrected chi connectivity index (χ0v) is 10.4. The van der Waals surface area contributed by atoms with E-state index in [1.54, 1.807) is 0 Å². The van der Waals surface area contributed by atoms with Gasteiger partial charge in [0.25, 0.3) is 5.91 Å². The summed E-state index contributed by atoms with van der Waals surface area (Å²) in [6.07, 6.45) is -0.822. The van der Waals surface area contributed by atoms with Crippen molar-refractivity contribution in [1.29, 1.82) is 0 Å². The van der Waals surface area contributed by atoms with E-state index in [1.165, 1.54) is 19.2 Å². The molecule has 1 aromatic carbocycles. The zero-order chi connectivity index (χ0) is 15.3. The minimum atomic E-state index is -1.66. The highest BCUT2D eigenvalue weighted by atomic mass is 19.1. The fourth-order valence-electron chi connectivity index (χ4n) is 1.50. The molecule has 1 atom stereocenters. The first kappa shape index (κ1) is 15.4. The molecule has 1 rings (SSSR count). The summed E-state index contributed by atoms with van der Waals surface area (Å²) in [6.45, 7) is 0. The second-order valence-corrected chi connectivity index (χ2v) is 3.78. The lowest BCUT2D eigenvalue weighted by molar-refractivity contribution is -0.145. The minimum Gasteiger partial charge on any atom is -0.496 e. The monoisotopic (exact) mass is 285 g/mol. The summed E-state index contributed by atoms with van der Waals surface area (Å²) in [7, 11) is 1.22. The third-order valence-corrected chi connectivity index (χ3v) is 2.40. The summed E-state index contributed by atoms with van der Waals surface area (Å²) in [5, 5.41) is 19.3. The number of hydrogen-bond donors (Lipinski definition) is 3. The molecule has 8 heteroatoms. The van der Waals surface area contributed by atoms with Gasteiger partial charge < -0.3 is 20.3 Å². The summed E-state index contributed by atoms with van der Waals surface area (Å²) in [5.41, 5.74) is -0.480. The molecule has 7 nitrogen and oxygen atoms in total. The van der Waals surface area contributed by atoms with Crippen molar-refractivity contribution in [2.45, 2.75) is 12.5 Å². The standard InChI is InChI=1S/C12H12FNO6/c1-20-8-4-2-3-6(13)10(8)11(17)14-7(12(18)19)5-9(15)16/h2-4,7H,5H2,1H3,(H,14,17)(H,15,16)(H,18,19)/t7-/m0/s1. The molecule has 1 amide bonds. The van der Waals surface area contributed by atoms with E-state index >= 15 is 0 Å². The third-order valence-electron chi connectivity index (χ3n) is 2.40. The van der Waals surface area contributed by atoms with Crippen LogP contribution in [0.5, 0.6) is 5.75 Å². The van der Waals surface area contributed by atoms with Crippen LogP contribution in [0.25, 0.3) is 0 Å². The Balaban J connectivity index is 3.00. The van der Waals surface area contributed by atoms with Crippen molar-refractivity contribution in [3.8, 4) is 5.75 Å². The van der Waals surface area contributed by atoms with Crippen molar-refractivity contribution in [3.05, 3.63) is 29.6 Å². The number of aliphatic carboxylic acids is 2. The molecule has 0 heterocycles. The highest BCUT2D eigenvalue weighted by Gasteiger charge is 2.26. The van der Waals surface area contributed by atoms with Crippen molar-refractivity contribution < 1.29 is 33.7 Å². The van der Waals surface area contributed by atoms with Gasteiger partial charge in [-0.25, -0.2) is 9.18 Å². The fraction of sp³-hybridized carbons (Fsp3) is 0.250. The maximum absolute atomic E-state index is 13.6. The number of carbonyl (C=O) groups excluding carboxylic acids is 1. The summed E-state index contributed by atoms with van der Waals surface area (Å²) in [5.74, 6) is -4.98. The molecule has 0 aromatic heterocycles. The van der Waals surface area contributed by atoms with E-state index in [1.807, 2.05) is 5.32 Å². The lowest BCUT2D eigenvalue weighted by atomic mass is 10.1. The lowest BCUT2D eigenvalue weighted by Gasteiger charge is -2.14. The first-order valence-electron chi connectivity index (χ1n) is 5.44. The second-order valence-electron chi connectivity index (χ2n) is 3.78. The largest absolute Gasteiger partial charge is 0.496 e. The number of nitrogens with one attached hydrogen (secondary N) is 1. The molecule has 0 unspecified atom stereocenters. The Bertz CT molecular complexity index is 545. The van der Waals surface area contributed by atoms with Crippen LogP contribution in [0.2, 0.25) is 0 Å². The van der Waals surface area contributed by atoms with E-state index in [4.69, 9.17) is 14.9 Å². The van der Waals surface area contributed by atoms with E-state index in [-0.39, 0.29) is 5.75 Å². The minimum absolute atomic E-state index is 0.0815. The van der Waals surface area contributed by atoms with E-state index in [0.717, 1.165) is 6.07 Å². The molecule has 3 N–H and O–H groups in total. The van der Waals surface area contributed by atoms with Gasteiger partial charge in [0.2, 0.25) is 0 Å². The number of carbonyl (C=O) groups is 3. The molecule has 0 aliphatic rings. The average Bonchev–Trinajstić information content (AvgIpc) is 2.36. The topological polar surface area (TPSA) is 113 Å². The van der Waals surface area contributed by atoms with Crippen LogP contribution < -0.4 is 10.1 Å². The van der Waals surface area contributed by atoms with E-state index in [2.05, 4.69) is 0 Å². The Morgan fingerprint density at radius 1 is 1.35 bits per heavy atom. The van der Waals surface area contributed by atoms with Crippen LogP contribution in [0.15, 0.2) is 18.2 Å². The van der Waals surface area contributed by atoms with Crippen molar-refractivity contribution in [2.24, 2.45) is 0 Å². The van der Waals surface area contributed by atoms with Crippen LogP contribution in [-0.2, 0) is 9.59 Å². The molecular formula is C12H12FNO6. The Morgan fingerprint density at radius 2 is 2.00 bits per heavy atom. The maximum atomic E-state index is 13.6. The Morgan fingerprint density at radius 3 is 2.50 bits per heavy atom. The van der Waals surface area contributed by atoms with Crippen LogP contribution in [0, 0.1) is 5.82 Å². The van der Waals surface area contributed by atoms with Gasteiger partial charge in [-0.05, 0) is 12.1 Å². The SMILES string of the molecule is COc1cccc(F)c1C(=O)N[C@@H](CC(=O)O)C(=O)O. The number of carboxylic acid groups (broad SMARTS) is 2. The first-order chi connectivity index (χ1) is 9.36. The number of methoxy groups -OCH3 is 1. The molecule has 0 spiro atoms. The number of hydrogen-bond acceptors (Lipinski definition) is 4. The lowest BCUT2D eigenvalue weighted by Crippen LogP contribution is -2.42. The average molecular weight is 285 g/mol. The van der Waals surface area contributed by atoms with Gasteiger partial charge in [-0.2, -0.15) is 0 Å². The molecule has 108 valence electrons. The molecular weight excluding hydrogens is 273 g/mol. The molecule has 20 heavy (non-hydrogen) atoms. The second kappa shape index (κ2) is 6.50. The van der Waals surface area contributed by atoms with Crippen LogP contribution in [0.4, 0.5) is 4.39 Å². The zero-order valence-electron chi connectivity index (χ0n) is 10.4. The maximum Gasteiger partial charge on any atom is 0.326 e. The highest BCUT2D eigenvalue weighted by Crippen LogP contribution is 2.21. The Labute approximate surface area is 113 Å². The number of benzene rings is 1. The van der Waals surface area contributed by atoms with E-state index in [9.17, 15) is 18.8 Å². The van der Waals surface area contributed by atoms with Gasteiger partial charge >= 0.3 is 11.9 Å². The smallest absolute Gasteiger partial charge is 0.326 e. The number of carboxylic acids is 2. The first-order valence-corrected chi connectivity index (χ1v) is 5.44. The number of halogens is 1. The summed E-state index contributed by atoms with van der Waals surface area (Å²) in [4.78, 5) is 33.2. The van der Waals surface area contributed by atoms with Crippen molar-refractivity contribution in [2.75, 3.05) is 7.11 Å². The molecule has 0 aliphatic carbocycles. The number of amides is 1. The predicted molar refractivity (Wildman–Crippen MR) is 64.1 cm³/mol. The van der Waals surface area contributed by atoms with Gasteiger partial charge in [0.15, 0.2) is 0 Å². The molecule has 0 saturated carbocycles. The summed E-state index contributed by atoms with van der Waals surface area (Å²) < 4.78 is 18.4. The van der Waals surface area contributed by atoms with E-state index < -0.39 is 41.7 Å². The van der Waals surface area contributed by atoms with Gasteiger partial charge in [0.05, 0.1) is 13.5 Å². The Kier molecular flexibility index (Phi) is 5.01. The quantitative estimate of drug-likeness (QED) is 0.701. The molecule has 1 aromatic rings. The molecule has 0 fully saturated rings. The van der Waals surface area contributed by atoms with Gasteiger partial charge in [-0.1, -0.05) is 6.07 Å². The molecule has 0 aliphatic heterocycles. The van der Waals surface area contributed by atoms with Crippen molar-refractivity contribution in [3.63, 3.8) is 0 Å². The van der Waals surface area contributed by atoms with Crippen LogP contribution >= 0.6 is 0 Å². The van der Waals surface area contributed by atoms with Crippen LogP contribution in [0.1, 0.15) is 16.8 Å². The molecule has 0 saturated heterocycles.